The number of nitrogens with zero attached hydrogens (tertiary/aromatic N) is 2. The molecule has 4 aromatic rings. The Balaban J connectivity index is 1.65. The molecular formula is C28H20Cl2N2O2S. The molecule has 0 amide bonds. The number of para-hydroxylation sites is 1. The van der Waals surface area contributed by atoms with Crippen molar-refractivity contribution in [1.82, 2.24) is 4.57 Å². The lowest BCUT2D eigenvalue weighted by Gasteiger charge is -2.31. The van der Waals surface area contributed by atoms with Crippen molar-refractivity contribution in [2.24, 2.45) is 4.99 Å². The summed E-state index contributed by atoms with van der Waals surface area (Å²) in [4.78, 5) is 19.6. The van der Waals surface area contributed by atoms with Gasteiger partial charge in [0.1, 0.15) is 5.75 Å². The Morgan fingerprint density at radius 1 is 1.06 bits per heavy atom. The number of rotatable bonds is 3. The third kappa shape index (κ3) is 3.75. The van der Waals surface area contributed by atoms with E-state index in [2.05, 4.69) is 18.2 Å². The highest BCUT2D eigenvalue weighted by Gasteiger charge is 2.33. The second kappa shape index (κ2) is 8.83. The maximum absolute atomic E-state index is 13.8. The number of aryl methyl sites for hydroxylation is 1. The van der Waals surface area contributed by atoms with Crippen LogP contribution < -0.4 is 19.6 Å². The van der Waals surface area contributed by atoms with Crippen molar-refractivity contribution in [2.45, 2.75) is 18.9 Å². The normalized spacial score (nSPS) is 16.9. The third-order valence-electron chi connectivity index (χ3n) is 6.56. The number of thiazole rings is 1. The molecule has 0 radical (unpaired) electrons. The maximum Gasteiger partial charge on any atom is 0.271 e. The Bertz CT molecular complexity index is 1700. The van der Waals surface area contributed by atoms with Gasteiger partial charge in [0.2, 0.25) is 0 Å². The van der Waals surface area contributed by atoms with E-state index in [9.17, 15) is 4.79 Å². The van der Waals surface area contributed by atoms with Gasteiger partial charge in [0.15, 0.2) is 4.80 Å². The largest absolute Gasteiger partial charge is 0.496 e. The van der Waals surface area contributed by atoms with Crippen molar-refractivity contribution < 1.29 is 4.74 Å². The fourth-order valence-electron chi connectivity index (χ4n) is 4.95. The molecule has 2 aliphatic rings. The first kappa shape index (κ1) is 22.4. The summed E-state index contributed by atoms with van der Waals surface area (Å²) in [6.07, 6.45) is 3.55. The molecule has 0 saturated carbocycles. The quantitative estimate of drug-likeness (QED) is 0.352. The van der Waals surface area contributed by atoms with Gasteiger partial charge in [0.25, 0.3) is 5.56 Å². The topological polar surface area (TPSA) is 43.6 Å². The molecular weight excluding hydrogens is 499 g/mol. The minimum Gasteiger partial charge on any atom is -0.496 e. The van der Waals surface area contributed by atoms with Crippen LogP contribution in [-0.2, 0) is 6.42 Å². The summed E-state index contributed by atoms with van der Waals surface area (Å²) in [5, 5.41) is 1.05. The molecule has 7 heteroatoms. The summed E-state index contributed by atoms with van der Waals surface area (Å²) in [7, 11) is 1.66. The minimum absolute atomic E-state index is 0.0962. The number of hydrogen-bond donors (Lipinski definition) is 0. The van der Waals surface area contributed by atoms with Crippen molar-refractivity contribution in [3.63, 3.8) is 0 Å². The van der Waals surface area contributed by atoms with Crippen molar-refractivity contribution in [1.29, 1.82) is 0 Å². The van der Waals surface area contributed by atoms with Gasteiger partial charge in [-0.25, -0.2) is 4.99 Å². The van der Waals surface area contributed by atoms with E-state index < -0.39 is 0 Å². The van der Waals surface area contributed by atoms with Gasteiger partial charge in [-0.1, -0.05) is 83.1 Å². The highest BCUT2D eigenvalue weighted by Crippen LogP contribution is 2.43. The van der Waals surface area contributed by atoms with Gasteiger partial charge in [0, 0.05) is 21.2 Å². The van der Waals surface area contributed by atoms with Crippen LogP contribution in [0.1, 0.15) is 34.7 Å². The predicted octanol–water partition coefficient (Wildman–Crippen LogP) is 5.63. The van der Waals surface area contributed by atoms with Crippen LogP contribution in [0.25, 0.3) is 11.8 Å². The third-order valence-corrected chi connectivity index (χ3v) is 8.10. The summed E-state index contributed by atoms with van der Waals surface area (Å²) < 4.78 is 8.11. The fraction of sp³-hybridized carbons (Fsp3) is 0.143. The molecule has 1 aromatic heterocycles. The molecule has 0 N–H and O–H groups in total. The molecule has 1 atom stereocenters. The Hall–Kier alpha value is -3.12. The summed E-state index contributed by atoms with van der Waals surface area (Å²) in [5.41, 5.74) is 6.10. The second-order valence-electron chi connectivity index (χ2n) is 8.52. The van der Waals surface area contributed by atoms with Crippen LogP contribution in [0.15, 0.2) is 82.1 Å². The molecule has 2 heterocycles. The minimum atomic E-state index is -0.298. The van der Waals surface area contributed by atoms with Crippen LogP contribution in [0, 0.1) is 0 Å². The second-order valence-corrected chi connectivity index (χ2v) is 10.4. The van der Waals surface area contributed by atoms with Crippen LogP contribution in [0.5, 0.6) is 5.75 Å². The highest BCUT2D eigenvalue weighted by molar-refractivity contribution is 7.07. The number of aromatic nitrogens is 1. The van der Waals surface area contributed by atoms with Gasteiger partial charge in [-0.05, 0) is 53.8 Å². The first-order chi connectivity index (χ1) is 17.0. The highest BCUT2D eigenvalue weighted by atomic mass is 35.5. The van der Waals surface area contributed by atoms with E-state index in [1.807, 2.05) is 47.0 Å². The number of benzene rings is 3. The average Bonchev–Trinajstić information content (AvgIpc) is 3.19. The van der Waals surface area contributed by atoms with Crippen molar-refractivity contribution in [2.75, 3.05) is 7.11 Å². The molecule has 4 nitrogen and oxygen atoms in total. The number of fused-ring (bicyclic) bond motifs is 3. The Morgan fingerprint density at radius 2 is 1.86 bits per heavy atom. The van der Waals surface area contributed by atoms with E-state index in [4.69, 9.17) is 32.9 Å². The summed E-state index contributed by atoms with van der Waals surface area (Å²) in [5.74, 6) is 0.750. The molecule has 3 aromatic carbocycles. The molecule has 0 fully saturated rings. The van der Waals surface area contributed by atoms with Crippen molar-refractivity contribution >= 4 is 46.3 Å². The predicted molar refractivity (Wildman–Crippen MR) is 142 cm³/mol. The average molecular weight is 519 g/mol. The van der Waals surface area contributed by atoms with Gasteiger partial charge in [0.05, 0.1) is 23.4 Å². The van der Waals surface area contributed by atoms with E-state index in [1.165, 1.54) is 16.9 Å². The lowest BCUT2D eigenvalue weighted by atomic mass is 9.83. The number of methoxy groups -OCH3 is 1. The summed E-state index contributed by atoms with van der Waals surface area (Å²) in [6.45, 7) is 0. The van der Waals surface area contributed by atoms with Gasteiger partial charge in [-0.15, -0.1) is 0 Å². The van der Waals surface area contributed by atoms with Crippen LogP contribution in [-0.4, -0.2) is 11.7 Å². The van der Waals surface area contributed by atoms with E-state index in [0.29, 0.717) is 19.4 Å². The van der Waals surface area contributed by atoms with E-state index in [0.717, 1.165) is 46.6 Å². The zero-order valence-corrected chi connectivity index (χ0v) is 21.1. The van der Waals surface area contributed by atoms with Crippen LogP contribution >= 0.6 is 34.5 Å². The van der Waals surface area contributed by atoms with E-state index >= 15 is 0 Å². The Kier molecular flexibility index (Phi) is 5.64. The SMILES string of the molecule is COc1ccccc1[C@@H]1C2=C(N=c3s/c(=C\c4ccc(Cl)cc4Cl)c(=O)n31)c1ccccc1CC2. The molecule has 1 aliphatic carbocycles. The Labute approximate surface area is 216 Å². The van der Waals surface area contributed by atoms with Gasteiger partial charge in [-0.2, -0.15) is 0 Å². The van der Waals surface area contributed by atoms with Crippen LogP contribution in [0.2, 0.25) is 10.0 Å². The van der Waals surface area contributed by atoms with E-state index in [1.54, 1.807) is 19.2 Å². The van der Waals surface area contributed by atoms with Crippen LogP contribution in [0.4, 0.5) is 0 Å². The van der Waals surface area contributed by atoms with Crippen molar-refractivity contribution in [3.05, 3.63) is 124 Å². The molecule has 0 saturated heterocycles. The first-order valence-corrected chi connectivity index (χ1v) is 12.8. The van der Waals surface area contributed by atoms with Crippen molar-refractivity contribution in [3.8, 4) is 5.75 Å². The zero-order chi connectivity index (χ0) is 24.1. The van der Waals surface area contributed by atoms with Gasteiger partial charge in [-0.3, -0.25) is 9.36 Å². The number of halogens is 2. The van der Waals surface area contributed by atoms with Gasteiger partial charge < -0.3 is 4.74 Å². The molecule has 1 aliphatic heterocycles. The molecule has 0 bridgehead atoms. The molecule has 174 valence electrons. The number of allylic oxidation sites excluding steroid dienone is 1. The fourth-order valence-corrected chi connectivity index (χ4v) is 6.41. The molecule has 0 unspecified atom stereocenters. The number of hydrogen-bond acceptors (Lipinski definition) is 4. The standard InChI is InChI=1S/C28H20Cl2N2O2S/c1-34-23-9-5-4-8-20(23)26-21-13-11-16-6-2-3-7-19(16)25(21)31-28-32(26)27(33)24(35-28)14-17-10-12-18(29)15-22(17)30/h2-10,12,14-15,26H,11,13H2,1H3/b24-14-/t26-/m1/s1. The smallest absolute Gasteiger partial charge is 0.271 e. The summed E-state index contributed by atoms with van der Waals surface area (Å²) in [6, 6.07) is 21.3. The first-order valence-electron chi connectivity index (χ1n) is 11.3. The lowest BCUT2D eigenvalue weighted by molar-refractivity contribution is 0.402. The Morgan fingerprint density at radius 3 is 2.69 bits per heavy atom. The lowest BCUT2D eigenvalue weighted by Crippen LogP contribution is -2.39. The molecule has 35 heavy (non-hydrogen) atoms. The molecule has 0 spiro atoms. The zero-order valence-electron chi connectivity index (χ0n) is 18.8. The summed E-state index contributed by atoms with van der Waals surface area (Å²) >= 11 is 13.9. The number of ether oxygens (including phenoxy) is 1. The monoisotopic (exact) mass is 518 g/mol. The molecule has 6 rings (SSSR count). The van der Waals surface area contributed by atoms with Crippen LogP contribution in [0.3, 0.4) is 0 Å². The van der Waals surface area contributed by atoms with Gasteiger partial charge >= 0.3 is 0 Å². The van der Waals surface area contributed by atoms with E-state index in [-0.39, 0.29) is 11.6 Å². The maximum atomic E-state index is 13.8.